The number of carbonyl (C=O) groups is 1. The Bertz CT molecular complexity index is 117. The second-order valence-electron chi connectivity index (χ2n) is 3.04. The Morgan fingerprint density at radius 2 is 1.82 bits per heavy atom. The Morgan fingerprint density at radius 3 is 2.27 bits per heavy atom. The zero-order chi connectivity index (χ0) is 7.40. The molecular weight excluding hydrogens is 138 g/mol. The highest BCUT2D eigenvalue weighted by molar-refractivity contribution is 5.73. The van der Waals surface area contributed by atoms with E-state index in [1.807, 2.05) is 0 Å². The van der Waals surface area contributed by atoms with Gasteiger partial charge in [-0.3, -0.25) is 4.79 Å². The third-order valence-corrected chi connectivity index (χ3v) is 2.01. The molecule has 1 aliphatic rings. The van der Waals surface area contributed by atoms with E-state index in [0.29, 0.717) is 6.04 Å². The Morgan fingerprint density at radius 1 is 1.27 bits per heavy atom. The van der Waals surface area contributed by atoms with Crippen molar-refractivity contribution in [1.82, 2.24) is 5.32 Å². The van der Waals surface area contributed by atoms with E-state index >= 15 is 0 Å². The zero-order valence-electron chi connectivity index (χ0n) is 6.52. The average molecular weight is 157 g/mol. The largest absolute Gasteiger partial charge is 0.354 e. The first-order chi connectivity index (χ1) is 4.79. The summed E-state index contributed by atoms with van der Waals surface area (Å²) in [5, 5.41) is 2.94. The molecule has 1 N–H and O–H groups in total. The Balaban J connectivity index is 0.000001000. The molecule has 0 radical (unpaired) electrons. The van der Waals surface area contributed by atoms with Gasteiger partial charge >= 0.3 is 0 Å². The van der Waals surface area contributed by atoms with Crippen molar-refractivity contribution in [2.45, 2.75) is 52.5 Å². The summed E-state index contributed by atoms with van der Waals surface area (Å²) in [6.07, 6.45) is 6.27. The van der Waals surface area contributed by atoms with E-state index in [1.165, 1.54) is 32.1 Å². The van der Waals surface area contributed by atoms with Crippen LogP contribution in [0.2, 0.25) is 0 Å². The third kappa shape index (κ3) is 4.02. The SMILES string of the molecule is C.CC(=O)NC1CCCCC1. The van der Waals surface area contributed by atoms with Crippen molar-refractivity contribution in [3.8, 4) is 0 Å². The smallest absolute Gasteiger partial charge is 0.217 e. The van der Waals surface area contributed by atoms with Crippen LogP contribution >= 0.6 is 0 Å². The molecule has 0 aromatic carbocycles. The summed E-state index contributed by atoms with van der Waals surface area (Å²) in [6, 6.07) is 0.478. The molecule has 1 rings (SSSR count). The van der Waals surface area contributed by atoms with Gasteiger partial charge in [0.1, 0.15) is 0 Å². The molecule has 1 fully saturated rings. The average Bonchev–Trinajstić information content (AvgIpc) is 1.88. The Labute approximate surface area is 69.4 Å². The summed E-state index contributed by atoms with van der Waals surface area (Å²) < 4.78 is 0. The highest BCUT2D eigenvalue weighted by atomic mass is 16.1. The molecular formula is C9H19NO. The van der Waals surface area contributed by atoms with Gasteiger partial charge in [0, 0.05) is 13.0 Å². The second kappa shape index (κ2) is 5.16. The van der Waals surface area contributed by atoms with Crippen molar-refractivity contribution in [3.63, 3.8) is 0 Å². The number of rotatable bonds is 1. The van der Waals surface area contributed by atoms with Crippen LogP contribution in [0.1, 0.15) is 46.5 Å². The molecule has 2 heteroatoms. The minimum absolute atomic E-state index is 0. The summed E-state index contributed by atoms with van der Waals surface area (Å²) in [7, 11) is 0. The van der Waals surface area contributed by atoms with Gasteiger partial charge < -0.3 is 5.32 Å². The molecule has 0 atom stereocenters. The molecule has 2 nitrogen and oxygen atoms in total. The first-order valence-corrected chi connectivity index (χ1v) is 4.06. The van der Waals surface area contributed by atoms with Gasteiger partial charge in [-0.25, -0.2) is 0 Å². The fourth-order valence-electron chi connectivity index (χ4n) is 1.53. The number of amides is 1. The normalized spacial score (nSPS) is 18.6. The van der Waals surface area contributed by atoms with E-state index in [4.69, 9.17) is 0 Å². The third-order valence-electron chi connectivity index (χ3n) is 2.01. The molecule has 0 heterocycles. The standard InChI is InChI=1S/C8H15NO.CH4/c1-7(10)9-8-5-3-2-4-6-8;/h8H,2-6H2,1H3,(H,9,10);1H4. The lowest BCUT2D eigenvalue weighted by Crippen LogP contribution is -2.34. The lowest BCUT2D eigenvalue weighted by molar-refractivity contribution is -0.119. The monoisotopic (exact) mass is 157 g/mol. The van der Waals surface area contributed by atoms with Crippen LogP contribution in [0.5, 0.6) is 0 Å². The van der Waals surface area contributed by atoms with Crippen molar-refractivity contribution in [2.24, 2.45) is 0 Å². The molecule has 0 unspecified atom stereocenters. The van der Waals surface area contributed by atoms with Crippen molar-refractivity contribution in [3.05, 3.63) is 0 Å². The molecule has 0 bridgehead atoms. The van der Waals surface area contributed by atoms with Gasteiger partial charge in [-0.05, 0) is 12.8 Å². The summed E-state index contributed by atoms with van der Waals surface area (Å²) >= 11 is 0. The van der Waals surface area contributed by atoms with Gasteiger partial charge in [-0.15, -0.1) is 0 Å². The minimum atomic E-state index is 0. The number of hydrogen-bond donors (Lipinski definition) is 1. The molecule has 1 aliphatic carbocycles. The maximum atomic E-state index is 10.6. The molecule has 11 heavy (non-hydrogen) atoms. The van der Waals surface area contributed by atoms with Crippen LogP contribution in [0.15, 0.2) is 0 Å². The fraction of sp³-hybridized carbons (Fsp3) is 0.889. The maximum absolute atomic E-state index is 10.6. The van der Waals surface area contributed by atoms with Gasteiger partial charge in [0.15, 0.2) is 0 Å². The van der Waals surface area contributed by atoms with Crippen LogP contribution in [-0.2, 0) is 4.79 Å². The van der Waals surface area contributed by atoms with E-state index in [9.17, 15) is 4.79 Å². The molecule has 0 saturated heterocycles. The number of carbonyl (C=O) groups excluding carboxylic acids is 1. The maximum Gasteiger partial charge on any atom is 0.217 e. The Hall–Kier alpha value is -0.530. The predicted molar refractivity (Wildman–Crippen MR) is 47.4 cm³/mol. The molecule has 1 saturated carbocycles. The van der Waals surface area contributed by atoms with Gasteiger partial charge in [0.05, 0.1) is 0 Å². The van der Waals surface area contributed by atoms with Crippen LogP contribution in [-0.4, -0.2) is 11.9 Å². The summed E-state index contributed by atoms with van der Waals surface area (Å²) in [5.41, 5.74) is 0. The molecule has 0 aromatic heterocycles. The molecule has 0 aromatic rings. The van der Waals surface area contributed by atoms with Crippen LogP contribution in [0, 0.1) is 0 Å². The van der Waals surface area contributed by atoms with E-state index in [-0.39, 0.29) is 13.3 Å². The minimum Gasteiger partial charge on any atom is -0.354 e. The summed E-state index contributed by atoms with van der Waals surface area (Å²) in [4.78, 5) is 10.6. The first kappa shape index (κ1) is 10.5. The van der Waals surface area contributed by atoms with Crippen LogP contribution in [0.4, 0.5) is 0 Å². The first-order valence-electron chi connectivity index (χ1n) is 4.06. The van der Waals surface area contributed by atoms with E-state index in [2.05, 4.69) is 5.32 Å². The van der Waals surface area contributed by atoms with Crippen LogP contribution in [0.25, 0.3) is 0 Å². The summed E-state index contributed by atoms with van der Waals surface area (Å²) in [6.45, 7) is 1.59. The fourth-order valence-corrected chi connectivity index (χ4v) is 1.53. The van der Waals surface area contributed by atoms with Crippen molar-refractivity contribution in [2.75, 3.05) is 0 Å². The van der Waals surface area contributed by atoms with Crippen molar-refractivity contribution >= 4 is 5.91 Å². The van der Waals surface area contributed by atoms with E-state index in [0.717, 1.165) is 0 Å². The van der Waals surface area contributed by atoms with Gasteiger partial charge in [-0.2, -0.15) is 0 Å². The molecule has 66 valence electrons. The zero-order valence-corrected chi connectivity index (χ0v) is 6.52. The predicted octanol–water partition coefficient (Wildman–Crippen LogP) is 2.09. The van der Waals surface area contributed by atoms with Gasteiger partial charge in [-0.1, -0.05) is 26.7 Å². The van der Waals surface area contributed by atoms with Crippen molar-refractivity contribution in [1.29, 1.82) is 0 Å². The van der Waals surface area contributed by atoms with E-state index in [1.54, 1.807) is 6.92 Å². The quantitative estimate of drug-likeness (QED) is 0.620. The van der Waals surface area contributed by atoms with Gasteiger partial charge in [0.2, 0.25) is 5.91 Å². The highest BCUT2D eigenvalue weighted by Gasteiger charge is 2.12. The van der Waals surface area contributed by atoms with Crippen molar-refractivity contribution < 1.29 is 4.79 Å². The second-order valence-corrected chi connectivity index (χ2v) is 3.04. The molecule has 0 aliphatic heterocycles. The molecule has 1 amide bonds. The number of hydrogen-bond acceptors (Lipinski definition) is 1. The van der Waals surface area contributed by atoms with Crippen LogP contribution in [0.3, 0.4) is 0 Å². The topological polar surface area (TPSA) is 29.1 Å². The lowest BCUT2D eigenvalue weighted by Gasteiger charge is -2.21. The Kier molecular flexibility index (Phi) is 4.92. The van der Waals surface area contributed by atoms with Gasteiger partial charge in [0.25, 0.3) is 0 Å². The van der Waals surface area contributed by atoms with E-state index < -0.39 is 0 Å². The highest BCUT2D eigenvalue weighted by Crippen LogP contribution is 2.16. The van der Waals surface area contributed by atoms with Crippen LogP contribution < -0.4 is 5.32 Å². The number of nitrogens with one attached hydrogen (secondary N) is 1. The lowest BCUT2D eigenvalue weighted by atomic mass is 9.95. The molecule has 0 spiro atoms. The summed E-state index contributed by atoms with van der Waals surface area (Å²) in [5.74, 6) is 0.118.